The van der Waals surface area contributed by atoms with E-state index in [0.29, 0.717) is 17.5 Å². The molecule has 9 aromatic rings. The highest BCUT2D eigenvalue weighted by Crippen LogP contribution is 2.39. The van der Waals surface area contributed by atoms with Gasteiger partial charge < -0.3 is 0 Å². The molecule has 2 aromatic heterocycles. The van der Waals surface area contributed by atoms with Gasteiger partial charge in [0.05, 0.1) is 11.9 Å². The van der Waals surface area contributed by atoms with Gasteiger partial charge in [-0.1, -0.05) is 145 Å². The number of allylic oxidation sites excluding steroid dienone is 1. The number of aromatic nitrogens is 5. The minimum Gasteiger partial charge on any atom is -0.261 e. The van der Waals surface area contributed by atoms with Crippen LogP contribution in [-0.4, -0.2) is 24.9 Å². The van der Waals surface area contributed by atoms with Crippen molar-refractivity contribution >= 4 is 16.8 Å². The first-order valence-corrected chi connectivity index (χ1v) is 19.8. The summed E-state index contributed by atoms with van der Waals surface area (Å²) < 4.78 is 0. The topological polar surface area (TPSA) is 64.5 Å². The lowest BCUT2D eigenvalue weighted by Gasteiger charge is -2.19. The number of nitrogens with zero attached hydrogens (tertiary/aromatic N) is 5. The summed E-state index contributed by atoms with van der Waals surface area (Å²) in [6, 6.07) is 52.0. The largest absolute Gasteiger partial charge is 0.261 e. The van der Waals surface area contributed by atoms with Crippen molar-refractivity contribution in [2.45, 2.75) is 26.7 Å². The van der Waals surface area contributed by atoms with Crippen LogP contribution in [0.25, 0.3) is 95.7 Å². The van der Waals surface area contributed by atoms with Crippen LogP contribution >= 0.6 is 0 Å². The summed E-state index contributed by atoms with van der Waals surface area (Å²) in [5, 5.41) is 2.58. The number of benzene rings is 7. The van der Waals surface area contributed by atoms with Gasteiger partial charge in [-0.3, -0.25) is 9.97 Å². The van der Waals surface area contributed by atoms with E-state index in [0.717, 1.165) is 63.0 Å². The predicted molar refractivity (Wildman–Crippen MR) is 238 cm³/mol. The summed E-state index contributed by atoms with van der Waals surface area (Å²) in [5.41, 5.74) is 16.6. The Bertz CT molecular complexity index is 2910. The standard InChI is InChI=1S/C53H39N5/c1-34-11-15-40(16-12-34)51-56-52(41-17-13-35(2)14-18-41)58-53(57-51)45-30-43(29-44(31-45)37-21-25-39(26-22-37)50-33-54-27-28-55-50)36-19-23-38(24-20-36)49-32-42-7-3-4-8-46(42)47-9-5-6-10-48(47)49/h3-5,7-9,11-33H,6,10H2,1-2H3. The Morgan fingerprint density at radius 3 is 1.60 bits per heavy atom. The van der Waals surface area contributed by atoms with Crippen LogP contribution in [0, 0.1) is 13.8 Å². The molecule has 0 unspecified atom stereocenters. The first-order valence-electron chi connectivity index (χ1n) is 19.8. The predicted octanol–water partition coefficient (Wildman–Crippen LogP) is 13.1. The van der Waals surface area contributed by atoms with Gasteiger partial charge in [0.1, 0.15) is 0 Å². The monoisotopic (exact) mass is 745 g/mol. The Hall–Kier alpha value is -7.37. The fourth-order valence-corrected chi connectivity index (χ4v) is 7.95. The van der Waals surface area contributed by atoms with Crippen LogP contribution in [0.1, 0.15) is 28.7 Å². The molecule has 5 heteroatoms. The lowest BCUT2D eigenvalue weighted by molar-refractivity contribution is 0.992. The zero-order valence-corrected chi connectivity index (χ0v) is 32.4. The molecule has 0 bridgehead atoms. The van der Waals surface area contributed by atoms with Crippen molar-refractivity contribution < 1.29 is 0 Å². The third kappa shape index (κ3) is 6.88. The maximum Gasteiger partial charge on any atom is 0.164 e. The lowest BCUT2D eigenvalue weighted by Crippen LogP contribution is -2.01. The van der Waals surface area contributed by atoms with E-state index in [1.807, 2.05) is 0 Å². The van der Waals surface area contributed by atoms with Crippen molar-refractivity contribution in [2.75, 3.05) is 0 Å². The molecule has 0 saturated carbocycles. The van der Waals surface area contributed by atoms with E-state index in [2.05, 4.69) is 182 Å². The van der Waals surface area contributed by atoms with E-state index in [9.17, 15) is 0 Å². The molecule has 0 atom stereocenters. The zero-order valence-electron chi connectivity index (χ0n) is 32.4. The first-order chi connectivity index (χ1) is 28.5. The molecule has 7 aromatic carbocycles. The van der Waals surface area contributed by atoms with E-state index in [1.54, 1.807) is 18.6 Å². The van der Waals surface area contributed by atoms with Crippen molar-refractivity contribution in [3.8, 4) is 78.8 Å². The SMILES string of the molecule is Cc1ccc(-c2nc(-c3ccc(C)cc3)nc(-c3cc(-c4ccc(-c5cnccn5)cc4)cc(-c4ccc(-c5cc6ccccc6c6c5CCC=C6)cc4)c3)n2)cc1. The minimum absolute atomic E-state index is 0.618. The van der Waals surface area contributed by atoms with Crippen molar-refractivity contribution in [1.29, 1.82) is 0 Å². The Balaban J connectivity index is 1.12. The molecule has 0 N–H and O–H groups in total. The average Bonchev–Trinajstić information content (AvgIpc) is 3.29. The minimum atomic E-state index is 0.618. The highest BCUT2D eigenvalue weighted by atomic mass is 15.0. The van der Waals surface area contributed by atoms with Crippen molar-refractivity contribution in [2.24, 2.45) is 0 Å². The molecule has 58 heavy (non-hydrogen) atoms. The van der Waals surface area contributed by atoms with E-state index < -0.39 is 0 Å². The second-order valence-electron chi connectivity index (χ2n) is 15.1. The summed E-state index contributed by atoms with van der Waals surface area (Å²) >= 11 is 0. The molecule has 0 spiro atoms. The third-order valence-electron chi connectivity index (χ3n) is 11.1. The molecular weight excluding hydrogens is 707 g/mol. The first kappa shape index (κ1) is 35.1. The van der Waals surface area contributed by atoms with Crippen LogP contribution in [0.5, 0.6) is 0 Å². The second-order valence-corrected chi connectivity index (χ2v) is 15.1. The maximum atomic E-state index is 5.15. The van der Waals surface area contributed by atoms with Crippen LogP contribution in [0.3, 0.4) is 0 Å². The molecule has 1 aliphatic carbocycles. The Morgan fingerprint density at radius 2 is 1.00 bits per heavy atom. The van der Waals surface area contributed by atoms with Crippen LogP contribution in [0.4, 0.5) is 0 Å². The van der Waals surface area contributed by atoms with Crippen molar-refractivity contribution in [1.82, 2.24) is 24.9 Å². The molecule has 5 nitrogen and oxygen atoms in total. The van der Waals surface area contributed by atoms with Gasteiger partial charge in [0.15, 0.2) is 17.5 Å². The smallest absolute Gasteiger partial charge is 0.164 e. The normalized spacial score (nSPS) is 12.1. The molecule has 0 radical (unpaired) electrons. The molecular formula is C53H39N5. The van der Waals surface area contributed by atoms with E-state index >= 15 is 0 Å². The van der Waals surface area contributed by atoms with Gasteiger partial charge in [-0.05, 0) is 106 Å². The summed E-state index contributed by atoms with van der Waals surface area (Å²) in [7, 11) is 0. The molecule has 1 aliphatic rings. The molecule has 276 valence electrons. The average molecular weight is 746 g/mol. The van der Waals surface area contributed by atoms with Gasteiger partial charge >= 0.3 is 0 Å². The van der Waals surface area contributed by atoms with Gasteiger partial charge in [0, 0.05) is 34.6 Å². The maximum absolute atomic E-state index is 5.15. The zero-order chi connectivity index (χ0) is 39.0. The van der Waals surface area contributed by atoms with Crippen LogP contribution in [-0.2, 0) is 6.42 Å². The molecule has 0 aliphatic heterocycles. The number of rotatable bonds is 7. The van der Waals surface area contributed by atoms with Gasteiger partial charge in [-0.25, -0.2) is 15.0 Å². The summed E-state index contributed by atoms with van der Waals surface area (Å²) in [6.45, 7) is 4.18. The Labute approximate surface area is 338 Å². The van der Waals surface area contributed by atoms with Gasteiger partial charge in [-0.15, -0.1) is 0 Å². The number of fused-ring (bicyclic) bond motifs is 3. The third-order valence-corrected chi connectivity index (χ3v) is 11.1. The quantitative estimate of drug-likeness (QED) is 0.163. The van der Waals surface area contributed by atoms with E-state index in [4.69, 9.17) is 15.0 Å². The molecule has 10 rings (SSSR count). The summed E-state index contributed by atoms with van der Waals surface area (Å²) in [4.78, 5) is 24.1. The number of hydrogen-bond acceptors (Lipinski definition) is 5. The Morgan fingerprint density at radius 1 is 0.466 bits per heavy atom. The Kier molecular flexibility index (Phi) is 9.04. The van der Waals surface area contributed by atoms with Crippen LogP contribution in [0.15, 0.2) is 170 Å². The number of hydrogen-bond donors (Lipinski definition) is 0. The number of aryl methyl sites for hydroxylation is 2. The van der Waals surface area contributed by atoms with Crippen molar-refractivity contribution in [3.05, 3.63) is 193 Å². The van der Waals surface area contributed by atoms with E-state index in [-0.39, 0.29) is 0 Å². The van der Waals surface area contributed by atoms with Crippen molar-refractivity contribution in [3.63, 3.8) is 0 Å². The van der Waals surface area contributed by atoms with Crippen LogP contribution in [0.2, 0.25) is 0 Å². The van der Waals surface area contributed by atoms with E-state index in [1.165, 1.54) is 44.2 Å². The summed E-state index contributed by atoms with van der Waals surface area (Å²) in [6.07, 6.45) is 11.9. The fraction of sp³-hybridized carbons (Fsp3) is 0.0755. The van der Waals surface area contributed by atoms with Gasteiger partial charge in [-0.2, -0.15) is 0 Å². The fourth-order valence-electron chi connectivity index (χ4n) is 7.95. The van der Waals surface area contributed by atoms with Crippen LogP contribution < -0.4 is 0 Å². The molecule has 2 heterocycles. The highest BCUT2D eigenvalue weighted by molar-refractivity contribution is 5.97. The molecule has 0 saturated heterocycles. The second kappa shape index (κ2) is 14.9. The highest BCUT2D eigenvalue weighted by Gasteiger charge is 2.18. The lowest BCUT2D eigenvalue weighted by atomic mass is 9.85. The van der Waals surface area contributed by atoms with Gasteiger partial charge in [0.2, 0.25) is 0 Å². The summed E-state index contributed by atoms with van der Waals surface area (Å²) in [5.74, 6) is 1.89. The molecule has 0 amide bonds. The van der Waals surface area contributed by atoms with Gasteiger partial charge in [0.25, 0.3) is 0 Å². The molecule has 0 fully saturated rings.